The molecule has 1 saturated heterocycles. The standard InChI is InChI=1S/C22H35BO/c1-13-3-5-15-14(11-13)4-6-17-16(15)9-10-22(2)18(17)7-8-19(22)21-20(12-23)24-21/h13-21H,3-12H2,1-2H3. The number of epoxide rings is 1. The molecule has 4 aliphatic carbocycles. The zero-order chi connectivity index (χ0) is 16.5. The number of ether oxygens (including phenoxy) is 1. The van der Waals surface area contributed by atoms with Crippen molar-refractivity contribution in [2.75, 3.05) is 0 Å². The summed E-state index contributed by atoms with van der Waals surface area (Å²) >= 11 is 0. The maximum absolute atomic E-state index is 5.97. The second-order valence-corrected chi connectivity index (χ2v) is 10.5. The SMILES string of the molecule is [B]CC1OC1C1CCC2C3CCC4CC(C)CCC4C3CCC21C. The quantitative estimate of drug-likeness (QED) is 0.499. The summed E-state index contributed by atoms with van der Waals surface area (Å²) in [5.41, 5.74) is 0.560. The lowest BCUT2D eigenvalue weighted by atomic mass is 9.49. The molecular formula is C22H35BO. The Hall–Kier alpha value is 0.0249. The van der Waals surface area contributed by atoms with Gasteiger partial charge in [-0.1, -0.05) is 26.6 Å². The van der Waals surface area contributed by atoms with Crippen LogP contribution >= 0.6 is 0 Å². The van der Waals surface area contributed by atoms with Crippen LogP contribution in [0.15, 0.2) is 0 Å². The number of rotatable bonds is 2. The number of hydrogen-bond donors (Lipinski definition) is 0. The molecule has 2 heteroatoms. The van der Waals surface area contributed by atoms with Crippen molar-refractivity contribution in [3.8, 4) is 0 Å². The zero-order valence-corrected chi connectivity index (χ0v) is 15.8. The molecule has 10 atom stereocenters. The molecule has 0 aromatic heterocycles. The first-order valence-corrected chi connectivity index (χ1v) is 11.0. The zero-order valence-electron chi connectivity index (χ0n) is 15.8. The third-order valence-corrected chi connectivity index (χ3v) is 9.54. The molecule has 10 unspecified atom stereocenters. The lowest BCUT2D eigenvalue weighted by Gasteiger charge is -2.56. The van der Waals surface area contributed by atoms with Crippen LogP contribution in [0.4, 0.5) is 0 Å². The summed E-state index contributed by atoms with van der Waals surface area (Å²) < 4.78 is 5.97. The van der Waals surface area contributed by atoms with Crippen molar-refractivity contribution < 1.29 is 4.74 Å². The highest BCUT2D eigenvalue weighted by Crippen LogP contribution is 2.66. The third-order valence-electron chi connectivity index (χ3n) is 9.54. The van der Waals surface area contributed by atoms with Gasteiger partial charge in [-0.3, -0.25) is 0 Å². The second-order valence-electron chi connectivity index (χ2n) is 10.5. The van der Waals surface area contributed by atoms with E-state index in [-0.39, 0.29) is 0 Å². The summed E-state index contributed by atoms with van der Waals surface area (Å²) in [5, 5.41) is 0. The average Bonchev–Trinajstić information content (AvgIpc) is 3.27. The summed E-state index contributed by atoms with van der Waals surface area (Å²) in [6.45, 7) is 5.13. The summed E-state index contributed by atoms with van der Waals surface area (Å²) in [4.78, 5) is 0. The fraction of sp³-hybridized carbons (Fsp3) is 1.00. The van der Waals surface area contributed by atoms with Crippen molar-refractivity contribution in [3.05, 3.63) is 0 Å². The van der Waals surface area contributed by atoms with E-state index < -0.39 is 0 Å². The fourth-order valence-corrected chi connectivity index (χ4v) is 8.37. The van der Waals surface area contributed by atoms with Crippen LogP contribution in [0.2, 0.25) is 6.32 Å². The van der Waals surface area contributed by atoms with Crippen molar-refractivity contribution in [1.82, 2.24) is 0 Å². The van der Waals surface area contributed by atoms with E-state index in [2.05, 4.69) is 13.8 Å². The Kier molecular flexibility index (Phi) is 3.89. The molecule has 1 heterocycles. The van der Waals surface area contributed by atoms with Crippen LogP contribution in [0.1, 0.15) is 71.6 Å². The van der Waals surface area contributed by atoms with Crippen molar-refractivity contribution in [2.24, 2.45) is 46.8 Å². The van der Waals surface area contributed by atoms with Crippen LogP contribution in [0.5, 0.6) is 0 Å². The molecule has 4 saturated carbocycles. The van der Waals surface area contributed by atoms with E-state index in [0.29, 0.717) is 17.6 Å². The van der Waals surface area contributed by atoms with Gasteiger partial charge in [-0.2, -0.15) is 0 Å². The van der Waals surface area contributed by atoms with Crippen LogP contribution in [-0.2, 0) is 4.74 Å². The Labute approximate surface area is 150 Å². The van der Waals surface area contributed by atoms with E-state index in [1.807, 2.05) is 0 Å². The highest BCUT2D eigenvalue weighted by atomic mass is 16.6. The van der Waals surface area contributed by atoms with Gasteiger partial charge in [0.25, 0.3) is 0 Å². The lowest BCUT2D eigenvalue weighted by Crippen LogP contribution is -2.49. The van der Waals surface area contributed by atoms with E-state index >= 15 is 0 Å². The smallest absolute Gasteiger partial charge is 0.0867 e. The highest BCUT2D eigenvalue weighted by Gasteiger charge is 2.61. The third kappa shape index (κ3) is 2.30. The van der Waals surface area contributed by atoms with Crippen molar-refractivity contribution in [2.45, 2.75) is 90.2 Å². The van der Waals surface area contributed by atoms with E-state index in [4.69, 9.17) is 12.6 Å². The van der Waals surface area contributed by atoms with E-state index in [1.165, 1.54) is 44.9 Å². The van der Waals surface area contributed by atoms with Gasteiger partial charge in [0, 0.05) is 0 Å². The van der Waals surface area contributed by atoms with E-state index in [1.54, 1.807) is 12.8 Å². The van der Waals surface area contributed by atoms with Crippen molar-refractivity contribution in [1.29, 1.82) is 0 Å². The van der Waals surface area contributed by atoms with E-state index in [9.17, 15) is 0 Å². The molecule has 0 aromatic carbocycles. The van der Waals surface area contributed by atoms with Crippen LogP contribution in [0.25, 0.3) is 0 Å². The minimum Gasteiger partial charge on any atom is -0.370 e. The van der Waals surface area contributed by atoms with E-state index in [0.717, 1.165) is 47.7 Å². The van der Waals surface area contributed by atoms with Crippen LogP contribution in [0, 0.1) is 46.8 Å². The molecule has 1 aliphatic heterocycles. The Morgan fingerprint density at radius 2 is 1.71 bits per heavy atom. The van der Waals surface area contributed by atoms with Crippen molar-refractivity contribution >= 4 is 7.85 Å². The van der Waals surface area contributed by atoms with Gasteiger partial charge < -0.3 is 4.74 Å². The first-order valence-electron chi connectivity index (χ1n) is 11.0. The fourth-order valence-electron chi connectivity index (χ4n) is 8.37. The van der Waals surface area contributed by atoms with Crippen LogP contribution < -0.4 is 0 Å². The molecule has 5 rings (SSSR count). The normalized spacial score (nSPS) is 59.3. The minimum absolute atomic E-state index is 0.388. The predicted molar refractivity (Wildman–Crippen MR) is 99.0 cm³/mol. The Morgan fingerprint density at radius 3 is 2.50 bits per heavy atom. The first-order chi connectivity index (χ1) is 11.6. The Bertz CT molecular complexity index is 492. The van der Waals surface area contributed by atoms with Gasteiger partial charge in [0.2, 0.25) is 0 Å². The summed E-state index contributed by atoms with van der Waals surface area (Å²) in [6, 6.07) is 0. The van der Waals surface area contributed by atoms with Gasteiger partial charge in [-0.05, 0) is 98.2 Å². The molecule has 2 radical (unpaired) electrons. The highest BCUT2D eigenvalue weighted by molar-refractivity contribution is 6.09. The molecule has 0 aromatic rings. The molecule has 5 aliphatic rings. The predicted octanol–water partition coefficient (Wildman–Crippen LogP) is 5.25. The number of fused-ring (bicyclic) bond motifs is 5. The van der Waals surface area contributed by atoms with Gasteiger partial charge in [0.05, 0.1) is 20.1 Å². The molecule has 5 fully saturated rings. The van der Waals surface area contributed by atoms with Crippen molar-refractivity contribution in [3.63, 3.8) is 0 Å². The Balaban J connectivity index is 1.35. The van der Waals surface area contributed by atoms with Gasteiger partial charge >= 0.3 is 0 Å². The monoisotopic (exact) mass is 326 g/mol. The van der Waals surface area contributed by atoms with Gasteiger partial charge in [-0.15, -0.1) is 0 Å². The molecule has 0 N–H and O–H groups in total. The number of hydrogen-bond acceptors (Lipinski definition) is 1. The summed E-state index contributed by atoms with van der Waals surface area (Å²) in [7, 11) is 5.87. The molecule has 1 nitrogen and oxygen atoms in total. The van der Waals surface area contributed by atoms with Gasteiger partial charge in [-0.25, -0.2) is 0 Å². The molecule has 0 bridgehead atoms. The molecule has 24 heavy (non-hydrogen) atoms. The molecular weight excluding hydrogens is 291 g/mol. The van der Waals surface area contributed by atoms with Gasteiger partial charge in [0.1, 0.15) is 0 Å². The average molecular weight is 326 g/mol. The second kappa shape index (κ2) is 5.76. The van der Waals surface area contributed by atoms with Crippen LogP contribution in [0.3, 0.4) is 0 Å². The summed E-state index contributed by atoms with van der Waals surface area (Å²) in [6.07, 6.45) is 15.2. The van der Waals surface area contributed by atoms with Gasteiger partial charge in [0.15, 0.2) is 0 Å². The van der Waals surface area contributed by atoms with Crippen LogP contribution in [-0.4, -0.2) is 20.1 Å². The lowest BCUT2D eigenvalue weighted by molar-refractivity contribution is -0.0695. The molecule has 0 amide bonds. The minimum atomic E-state index is 0.388. The Morgan fingerprint density at radius 1 is 0.917 bits per heavy atom. The summed E-state index contributed by atoms with van der Waals surface area (Å²) in [5.74, 6) is 7.05. The first kappa shape index (κ1) is 16.2. The topological polar surface area (TPSA) is 12.5 Å². The molecule has 0 spiro atoms. The maximum atomic E-state index is 5.97. The molecule has 132 valence electrons. The largest absolute Gasteiger partial charge is 0.370 e. The maximum Gasteiger partial charge on any atom is 0.0867 e.